The zero-order valence-electron chi connectivity index (χ0n) is 11.1. The lowest BCUT2D eigenvalue weighted by Crippen LogP contribution is -2.05. The molecule has 0 aliphatic heterocycles. The lowest BCUT2D eigenvalue weighted by Gasteiger charge is -2.10. The van der Waals surface area contributed by atoms with Crippen LogP contribution in [-0.2, 0) is 0 Å². The van der Waals surface area contributed by atoms with Crippen molar-refractivity contribution >= 4 is 17.3 Å². The SMILES string of the molecule is Cc1cccc(N)c1-c1nnnn1-c1cccc(Cl)c1F. The molecule has 0 fully saturated rings. The molecule has 0 saturated heterocycles. The van der Waals surface area contributed by atoms with Gasteiger partial charge in [-0.25, -0.2) is 4.39 Å². The topological polar surface area (TPSA) is 69.6 Å². The molecule has 0 amide bonds. The quantitative estimate of drug-likeness (QED) is 0.739. The molecule has 0 unspecified atom stereocenters. The Hall–Kier alpha value is -2.47. The van der Waals surface area contributed by atoms with E-state index in [1.54, 1.807) is 18.2 Å². The highest BCUT2D eigenvalue weighted by Gasteiger charge is 2.18. The lowest BCUT2D eigenvalue weighted by molar-refractivity contribution is 0.608. The minimum atomic E-state index is -0.583. The lowest BCUT2D eigenvalue weighted by atomic mass is 10.1. The summed E-state index contributed by atoms with van der Waals surface area (Å²) in [5.41, 5.74) is 8.26. The molecule has 0 atom stereocenters. The van der Waals surface area contributed by atoms with Crippen molar-refractivity contribution in [2.24, 2.45) is 0 Å². The number of tetrazole rings is 1. The number of anilines is 1. The second-order valence-corrected chi connectivity index (χ2v) is 4.93. The Morgan fingerprint density at radius 2 is 1.95 bits per heavy atom. The molecule has 21 heavy (non-hydrogen) atoms. The van der Waals surface area contributed by atoms with Crippen LogP contribution in [0.5, 0.6) is 0 Å². The molecule has 7 heteroatoms. The first-order valence-corrected chi connectivity index (χ1v) is 6.55. The van der Waals surface area contributed by atoms with Crippen LogP contribution in [0.25, 0.3) is 17.1 Å². The molecule has 0 bridgehead atoms. The minimum absolute atomic E-state index is 0.00621. The Kier molecular flexibility index (Phi) is 3.31. The van der Waals surface area contributed by atoms with Gasteiger partial charge in [0, 0.05) is 11.3 Å². The molecule has 5 nitrogen and oxygen atoms in total. The van der Waals surface area contributed by atoms with Crippen LogP contribution in [0.1, 0.15) is 5.56 Å². The van der Waals surface area contributed by atoms with E-state index in [4.69, 9.17) is 17.3 Å². The summed E-state index contributed by atoms with van der Waals surface area (Å²) in [6, 6.07) is 10.1. The smallest absolute Gasteiger partial charge is 0.189 e. The van der Waals surface area contributed by atoms with Gasteiger partial charge in [-0.05, 0) is 41.1 Å². The van der Waals surface area contributed by atoms with Gasteiger partial charge in [-0.3, -0.25) is 0 Å². The fourth-order valence-corrected chi connectivity index (χ4v) is 2.33. The van der Waals surface area contributed by atoms with Crippen LogP contribution in [0.4, 0.5) is 10.1 Å². The van der Waals surface area contributed by atoms with Crippen LogP contribution in [0, 0.1) is 12.7 Å². The first-order chi connectivity index (χ1) is 10.1. The number of aryl methyl sites for hydroxylation is 1. The van der Waals surface area contributed by atoms with Crippen molar-refractivity contribution in [2.75, 3.05) is 5.73 Å². The van der Waals surface area contributed by atoms with Crippen LogP contribution in [0.2, 0.25) is 5.02 Å². The van der Waals surface area contributed by atoms with E-state index in [0.717, 1.165) is 5.56 Å². The van der Waals surface area contributed by atoms with Crippen molar-refractivity contribution in [3.05, 3.63) is 52.8 Å². The van der Waals surface area contributed by atoms with Gasteiger partial charge in [0.05, 0.1) is 5.02 Å². The zero-order chi connectivity index (χ0) is 15.0. The maximum Gasteiger partial charge on any atom is 0.189 e. The van der Waals surface area contributed by atoms with Gasteiger partial charge >= 0.3 is 0 Å². The Morgan fingerprint density at radius 3 is 2.71 bits per heavy atom. The average molecular weight is 304 g/mol. The van der Waals surface area contributed by atoms with Gasteiger partial charge in [-0.2, -0.15) is 4.68 Å². The van der Waals surface area contributed by atoms with Gasteiger partial charge in [0.25, 0.3) is 0 Å². The van der Waals surface area contributed by atoms with E-state index < -0.39 is 5.82 Å². The molecule has 0 radical (unpaired) electrons. The van der Waals surface area contributed by atoms with Gasteiger partial charge in [0.1, 0.15) is 5.69 Å². The first-order valence-electron chi connectivity index (χ1n) is 6.18. The van der Waals surface area contributed by atoms with Crippen molar-refractivity contribution in [1.29, 1.82) is 0 Å². The molecule has 0 spiro atoms. The predicted octanol–water partition coefficient (Wildman–Crippen LogP) is 3.01. The van der Waals surface area contributed by atoms with E-state index in [1.165, 1.54) is 10.7 Å². The number of hydrogen-bond donors (Lipinski definition) is 1. The maximum atomic E-state index is 14.2. The molecular formula is C14H11ClFN5. The largest absolute Gasteiger partial charge is 0.398 e. The molecule has 106 valence electrons. The summed E-state index contributed by atoms with van der Waals surface area (Å²) in [7, 11) is 0. The molecule has 1 heterocycles. The molecule has 3 rings (SSSR count). The molecule has 1 aromatic heterocycles. The number of nitrogens with two attached hydrogens (primary N) is 1. The Morgan fingerprint density at radius 1 is 1.19 bits per heavy atom. The van der Waals surface area contributed by atoms with Crippen LogP contribution >= 0.6 is 11.6 Å². The van der Waals surface area contributed by atoms with Gasteiger partial charge in [0.2, 0.25) is 0 Å². The first kappa shape index (κ1) is 13.5. The van der Waals surface area contributed by atoms with Crippen molar-refractivity contribution in [1.82, 2.24) is 20.2 Å². The Balaban J connectivity index is 2.25. The zero-order valence-corrected chi connectivity index (χ0v) is 11.8. The Bertz CT molecular complexity index is 795. The fraction of sp³-hybridized carbons (Fsp3) is 0.0714. The molecule has 0 saturated carbocycles. The number of nitrogen functional groups attached to an aromatic ring is 1. The number of nitrogens with zero attached hydrogens (tertiary/aromatic N) is 4. The summed E-state index contributed by atoms with van der Waals surface area (Å²) >= 11 is 5.81. The van der Waals surface area contributed by atoms with Crippen LogP contribution in [0.15, 0.2) is 36.4 Å². The second kappa shape index (κ2) is 5.14. The number of rotatable bonds is 2. The summed E-state index contributed by atoms with van der Waals surface area (Å²) in [6.07, 6.45) is 0. The molecule has 2 aromatic carbocycles. The predicted molar refractivity (Wildman–Crippen MR) is 78.7 cm³/mol. The van der Waals surface area contributed by atoms with Gasteiger partial charge in [0.15, 0.2) is 11.6 Å². The molecular weight excluding hydrogens is 293 g/mol. The van der Waals surface area contributed by atoms with Crippen molar-refractivity contribution in [3.63, 3.8) is 0 Å². The molecule has 2 N–H and O–H groups in total. The second-order valence-electron chi connectivity index (χ2n) is 4.53. The third-order valence-electron chi connectivity index (χ3n) is 3.16. The van der Waals surface area contributed by atoms with Crippen molar-refractivity contribution in [2.45, 2.75) is 6.92 Å². The van der Waals surface area contributed by atoms with E-state index in [0.29, 0.717) is 17.1 Å². The number of halogens is 2. The number of benzene rings is 2. The van der Waals surface area contributed by atoms with Gasteiger partial charge < -0.3 is 5.73 Å². The van der Waals surface area contributed by atoms with E-state index in [2.05, 4.69) is 15.5 Å². The van der Waals surface area contributed by atoms with Gasteiger partial charge in [-0.1, -0.05) is 29.8 Å². The highest BCUT2D eigenvalue weighted by Crippen LogP contribution is 2.30. The normalized spacial score (nSPS) is 10.8. The summed E-state index contributed by atoms with van der Waals surface area (Å²) in [5, 5.41) is 11.4. The van der Waals surface area contributed by atoms with Crippen molar-refractivity contribution < 1.29 is 4.39 Å². The maximum absolute atomic E-state index is 14.2. The third-order valence-corrected chi connectivity index (χ3v) is 3.45. The van der Waals surface area contributed by atoms with Gasteiger partial charge in [-0.15, -0.1) is 5.10 Å². The third kappa shape index (κ3) is 2.23. The fourth-order valence-electron chi connectivity index (χ4n) is 2.16. The number of aromatic nitrogens is 4. The van der Waals surface area contributed by atoms with E-state index in [9.17, 15) is 4.39 Å². The average Bonchev–Trinajstić information content (AvgIpc) is 2.91. The Labute approximate surface area is 125 Å². The van der Waals surface area contributed by atoms with Crippen LogP contribution < -0.4 is 5.73 Å². The minimum Gasteiger partial charge on any atom is -0.398 e. The summed E-state index contributed by atoms with van der Waals surface area (Å²) in [6.45, 7) is 1.89. The molecule has 3 aromatic rings. The van der Waals surface area contributed by atoms with Crippen molar-refractivity contribution in [3.8, 4) is 17.1 Å². The molecule has 0 aliphatic carbocycles. The standard InChI is InChI=1S/C14H11ClFN5/c1-8-4-2-6-10(17)12(8)14-18-19-20-21(14)11-7-3-5-9(15)13(11)16/h2-7H,17H2,1H3. The highest BCUT2D eigenvalue weighted by molar-refractivity contribution is 6.30. The van der Waals surface area contributed by atoms with Crippen LogP contribution in [-0.4, -0.2) is 20.2 Å². The monoisotopic (exact) mass is 303 g/mol. The van der Waals surface area contributed by atoms with Crippen LogP contribution in [0.3, 0.4) is 0 Å². The van der Waals surface area contributed by atoms with E-state index in [1.807, 2.05) is 19.1 Å². The van der Waals surface area contributed by atoms with E-state index >= 15 is 0 Å². The van der Waals surface area contributed by atoms with E-state index in [-0.39, 0.29) is 10.7 Å². The molecule has 0 aliphatic rings. The summed E-state index contributed by atoms with van der Waals surface area (Å²) in [5.74, 6) is -0.216. The number of hydrogen-bond acceptors (Lipinski definition) is 4. The highest BCUT2D eigenvalue weighted by atomic mass is 35.5. The summed E-state index contributed by atoms with van der Waals surface area (Å²) in [4.78, 5) is 0. The summed E-state index contributed by atoms with van der Waals surface area (Å²) < 4.78 is 15.5.